The highest BCUT2D eigenvalue weighted by Gasteiger charge is 2.43. The normalized spacial score (nSPS) is 21.0. The van der Waals surface area contributed by atoms with Crippen LogP contribution < -0.4 is 16.1 Å². The van der Waals surface area contributed by atoms with Gasteiger partial charge in [0.25, 0.3) is 0 Å². The lowest BCUT2D eigenvalue weighted by molar-refractivity contribution is -0.143. The number of urea groups is 1. The second kappa shape index (κ2) is 11.4. The van der Waals surface area contributed by atoms with Crippen molar-refractivity contribution in [2.45, 2.75) is 78.1 Å². The van der Waals surface area contributed by atoms with Gasteiger partial charge in [0.15, 0.2) is 5.71 Å². The van der Waals surface area contributed by atoms with Crippen molar-refractivity contribution >= 4 is 23.8 Å². The number of rotatable bonds is 7. The number of carboxylic acid groups (broad SMARTS) is 1. The summed E-state index contributed by atoms with van der Waals surface area (Å²) in [6.45, 7) is 7.87. The highest BCUT2D eigenvalue weighted by atomic mass is 19.4. The third kappa shape index (κ3) is 9.73. The van der Waals surface area contributed by atoms with E-state index in [4.69, 9.17) is 9.84 Å². The Balaban J connectivity index is 2.75. The fourth-order valence-electron chi connectivity index (χ4n) is 3.30. The molecule has 1 aliphatic rings. The molecule has 0 bridgehead atoms. The molecule has 12 heteroatoms. The van der Waals surface area contributed by atoms with Gasteiger partial charge in [0.1, 0.15) is 5.60 Å². The fraction of sp³-hybridized carbons (Fsp3) is 0.800. The predicted molar refractivity (Wildman–Crippen MR) is 111 cm³/mol. The Hall–Kier alpha value is -2.53. The van der Waals surface area contributed by atoms with Crippen molar-refractivity contribution in [3.8, 4) is 0 Å². The van der Waals surface area contributed by atoms with Gasteiger partial charge < -0.3 is 20.5 Å². The quantitative estimate of drug-likeness (QED) is 0.336. The summed E-state index contributed by atoms with van der Waals surface area (Å²) in [6, 6.07) is -2.47. The second-order valence-corrected chi connectivity index (χ2v) is 9.24. The first-order valence-corrected chi connectivity index (χ1v) is 10.5. The number of hydrogen-bond donors (Lipinski definition) is 4. The molecule has 1 fully saturated rings. The van der Waals surface area contributed by atoms with Gasteiger partial charge in [0.05, 0.1) is 12.0 Å². The molecule has 0 heterocycles. The molecule has 184 valence electrons. The Morgan fingerprint density at radius 2 is 1.66 bits per heavy atom. The van der Waals surface area contributed by atoms with E-state index in [9.17, 15) is 27.6 Å². The summed E-state index contributed by atoms with van der Waals surface area (Å²) < 4.78 is 45.8. The summed E-state index contributed by atoms with van der Waals surface area (Å²) in [4.78, 5) is 35.0. The molecule has 0 spiro atoms. The molecular weight excluding hydrogens is 433 g/mol. The zero-order valence-corrected chi connectivity index (χ0v) is 19.0. The van der Waals surface area contributed by atoms with Crippen LogP contribution in [0.15, 0.2) is 5.10 Å². The van der Waals surface area contributed by atoms with Crippen LogP contribution >= 0.6 is 0 Å². The molecule has 3 amide bonds. The molecular formula is C20H33F3N4O5. The van der Waals surface area contributed by atoms with Gasteiger partial charge in [-0.25, -0.2) is 15.0 Å². The molecule has 1 unspecified atom stereocenters. The van der Waals surface area contributed by atoms with Crippen LogP contribution in [0.4, 0.5) is 22.8 Å². The van der Waals surface area contributed by atoms with Crippen molar-refractivity contribution in [1.29, 1.82) is 0 Å². The minimum Gasteiger partial charge on any atom is -0.481 e. The maximum Gasteiger partial charge on any atom is 0.433 e. The Morgan fingerprint density at radius 1 is 1.09 bits per heavy atom. The van der Waals surface area contributed by atoms with E-state index < -0.39 is 53.5 Å². The number of carbonyl (C=O) groups is 3. The number of halogens is 3. The maximum atomic E-state index is 13.6. The van der Waals surface area contributed by atoms with Crippen LogP contribution in [0.5, 0.6) is 0 Å². The largest absolute Gasteiger partial charge is 0.481 e. The molecule has 4 N–H and O–H groups in total. The van der Waals surface area contributed by atoms with Crippen molar-refractivity contribution in [1.82, 2.24) is 16.1 Å². The number of hydrazone groups is 1. The number of alkyl carbamates (subject to hydrolysis) is 1. The minimum atomic E-state index is -4.91. The third-order valence-corrected chi connectivity index (χ3v) is 4.95. The summed E-state index contributed by atoms with van der Waals surface area (Å²) in [6.07, 6.45) is -3.76. The van der Waals surface area contributed by atoms with E-state index in [0.717, 1.165) is 0 Å². The van der Waals surface area contributed by atoms with Gasteiger partial charge >= 0.3 is 24.3 Å². The second-order valence-electron chi connectivity index (χ2n) is 9.24. The molecule has 1 rings (SSSR count). The number of alkyl halides is 3. The van der Waals surface area contributed by atoms with E-state index in [1.54, 1.807) is 20.8 Å². The summed E-state index contributed by atoms with van der Waals surface area (Å²) in [5.41, 5.74) is -0.421. The van der Waals surface area contributed by atoms with Gasteiger partial charge in [-0.15, -0.1) is 0 Å². The van der Waals surface area contributed by atoms with Crippen molar-refractivity contribution in [3.63, 3.8) is 0 Å². The van der Waals surface area contributed by atoms with E-state index in [1.165, 1.54) is 13.8 Å². The molecule has 1 saturated carbocycles. The van der Waals surface area contributed by atoms with Crippen molar-refractivity contribution in [3.05, 3.63) is 0 Å². The van der Waals surface area contributed by atoms with Crippen molar-refractivity contribution in [2.24, 2.45) is 22.9 Å². The zero-order valence-electron chi connectivity index (χ0n) is 19.0. The van der Waals surface area contributed by atoms with E-state index in [0.29, 0.717) is 25.7 Å². The number of amides is 3. The van der Waals surface area contributed by atoms with Gasteiger partial charge in [-0.2, -0.15) is 18.3 Å². The molecule has 1 aliphatic carbocycles. The molecule has 9 nitrogen and oxygen atoms in total. The van der Waals surface area contributed by atoms with E-state index in [-0.39, 0.29) is 12.5 Å². The van der Waals surface area contributed by atoms with E-state index in [1.807, 2.05) is 5.43 Å². The molecule has 0 radical (unpaired) electrons. The minimum absolute atomic E-state index is 0.0414. The van der Waals surface area contributed by atoms with Crippen molar-refractivity contribution in [2.75, 3.05) is 6.54 Å². The Bertz CT molecular complexity index is 696. The van der Waals surface area contributed by atoms with Crippen LogP contribution in [0.2, 0.25) is 0 Å². The first kappa shape index (κ1) is 27.5. The monoisotopic (exact) mass is 466 g/mol. The summed E-state index contributed by atoms with van der Waals surface area (Å²) in [5.74, 6) is -1.90. The molecule has 0 aromatic carbocycles. The molecule has 0 aromatic rings. The number of carbonyl (C=O) groups excluding carboxylic acids is 2. The van der Waals surface area contributed by atoms with Gasteiger partial charge in [-0.05, 0) is 58.3 Å². The highest BCUT2D eigenvalue weighted by Crippen LogP contribution is 2.28. The number of hydrogen-bond acceptors (Lipinski definition) is 5. The molecule has 32 heavy (non-hydrogen) atoms. The summed E-state index contributed by atoms with van der Waals surface area (Å²) in [5, 5.41) is 16.9. The Morgan fingerprint density at radius 3 is 2.09 bits per heavy atom. The Kier molecular flexibility index (Phi) is 9.77. The lowest BCUT2D eigenvalue weighted by atomic mass is 9.82. The van der Waals surface area contributed by atoms with Crippen LogP contribution in [0.25, 0.3) is 0 Å². The number of carboxylic acids is 1. The number of ether oxygens (including phenoxy) is 1. The molecule has 0 aromatic heterocycles. The van der Waals surface area contributed by atoms with Crippen LogP contribution in [0.1, 0.15) is 60.3 Å². The van der Waals surface area contributed by atoms with E-state index in [2.05, 4.69) is 15.7 Å². The summed E-state index contributed by atoms with van der Waals surface area (Å²) in [7, 11) is 0. The van der Waals surface area contributed by atoms with Crippen LogP contribution in [0, 0.1) is 17.8 Å². The SMILES string of the molecule is CC(C)C(NC(=O)OC(C)(C)C)/C(=N\NC(=O)NCC1CCC(C(=O)O)CC1)C(F)(F)F. The van der Waals surface area contributed by atoms with Crippen LogP contribution in [-0.4, -0.2) is 53.3 Å². The molecule has 0 saturated heterocycles. The first-order chi connectivity index (χ1) is 14.6. The molecule has 1 atom stereocenters. The smallest absolute Gasteiger partial charge is 0.433 e. The van der Waals surface area contributed by atoms with Crippen LogP contribution in [-0.2, 0) is 9.53 Å². The van der Waals surface area contributed by atoms with Gasteiger partial charge in [-0.1, -0.05) is 13.8 Å². The zero-order chi connectivity index (χ0) is 24.7. The average Bonchev–Trinajstić information content (AvgIpc) is 2.63. The Labute approximate surface area is 185 Å². The number of aliphatic carboxylic acids is 1. The first-order valence-electron chi connectivity index (χ1n) is 10.5. The van der Waals surface area contributed by atoms with Gasteiger partial charge in [-0.3, -0.25) is 4.79 Å². The predicted octanol–water partition coefficient (Wildman–Crippen LogP) is 3.64. The lowest BCUT2D eigenvalue weighted by Gasteiger charge is -2.27. The topological polar surface area (TPSA) is 129 Å². The van der Waals surface area contributed by atoms with E-state index >= 15 is 0 Å². The maximum absolute atomic E-state index is 13.6. The fourth-order valence-corrected chi connectivity index (χ4v) is 3.30. The van der Waals surface area contributed by atoms with Gasteiger partial charge in [0.2, 0.25) is 0 Å². The standard InChI is InChI=1S/C20H33F3N4O5/c1-11(2)14(25-18(31)32-19(3,4)5)15(20(21,22)23)26-27-17(30)24-10-12-6-8-13(9-7-12)16(28)29/h11-14H,6-10H2,1-5H3,(H,25,31)(H,28,29)(H2,24,27,30)/b26-15+. The van der Waals surface area contributed by atoms with Crippen molar-refractivity contribution < 1.29 is 37.4 Å². The highest BCUT2D eigenvalue weighted by molar-refractivity contribution is 5.97. The number of nitrogens with one attached hydrogen (secondary N) is 3. The van der Waals surface area contributed by atoms with Crippen LogP contribution in [0.3, 0.4) is 0 Å². The summed E-state index contributed by atoms with van der Waals surface area (Å²) >= 11 is 0. The lowest BCUT2D eigenvalue weighted by Crippen LogP contribution is -2.52. The average molecular weight is 467 g/mol. The third-order valence-electron chi connectivity index (χ3n) is 4.95. The molecule has 0 aliphatic heterocycles. The number of nitrogens with zero attached hydrogens (tertiary/aromatic N) is 1. The van der Waals surface area contributed by atoms with Gasteiger partial charge in [0, 0.05) is 6.54 Å².